The Morgan fingerprint density at radius 2 is 0.882 bits per heavy atom. The summed E-state index contributed by atoms with van der Waals surface area (Å²) in [6, 6.07) is 0. The molecule has 0 amide bonds. The molecule has 0 unspecified atom stereocenters. The van der Waals surface area contributed by atoms with Gasteiger partial charge in [-0.15, -0.1) is 6.61 Å². The summed E-state index contributed by atoms with van der Waals surface area (Å²) >= 11 is 0. The second-order valence-corrected chi connectivity index (χ2v) is 2.52. The summed E-state index contributed by atoms with van der Waals surface area (Å²) in [5, 5.41) is 8.93. The molecule has 0 aliphatic heterocycles. The van der Waals surface area contributed by atoms with E-state index < -0.39 is 6.16 Å². The van der Waals surface area contributed by atoms with Gasteiger partial charge in [0.2, 0.25) is 0 Å². The van der Waals surface area contributed by atoms with Crippen LogP contribution in [0.4, 0.5) is 0 Å². The van der Waals surface area contributed by atoms with Crippen LogP contribution in [0.15, 0.2) is 0 Å². The van der Waals surface area contributed by atoms with Crippen LogP contribution in [0.1, 0.15) is 34.6 Å². The molecule has 0 aliphatic rings. The third-order valence-corrected chi connectivity index (χ3v) is 1.28. The maximum atomic E-state index is 8.93. The molecule has 0 spiro atoms. The molecule has 0 N–H and O–H groups in total. The van der Waals surface area contributed by atoms with Crippen LogP contribution in [0.3, 0.4) is 0 Å². The molecular formula is C11H25NaO5. The number of hydrogen-bond acceptors (Lipinski definition) is 5. The van der Waals surface area contributed by atoms with Gasteiger partial charge in [0.25, 0.3) is 0 Å². The van der Waals surface area contributed by atoms with Crippen LogP contribution in [-0.4, -0.2) is 39.2 Å². The van der Waals surface area contributed by atoms with Crippen molar-refractivity contribution < 1.29 is 53.6 Å². The van der Waals surface area contributed by atoms with Crippen LogP contribution < -0.4 is 34.7 Å². The van der Waals surface area contributed by atoms with Gasteiger partial charge in [-0.2, -0.15) is 0 Å². The molecule has 0 saturated heterocycles. The molecule has 0 aliphatic carbocycles. The maximum Gasteiger partial charge on any atom is 1.00 e. The van der Waals surface area contributed by atoms with Crippen LogP contribution >= 0.6 is 0 Å². The Morgan fingerprint density at radius 1 is 0.706 bits per heavy atom. The molecule has 0 radical (unpaired) electrons. The molecule has 6 heteroatoms. The fourth-order valence-electron chi connectivity index (χ4n) is 0.957. The van der Waals surface area contributed by atoms with E-state index in [1.807, 2.05) is 27.7 Å². The summed E-state index contributed by atoms with van der Waals surface area (Å²) in [6.45, 7) is 11.0. The molecule has 0 aromatic carbocycles. The predicted molar refractivity (Wildman–Crippen MR) is 59.8 cm³/mol. The molecular weight excluding hydrogens is 235 g/mol. The molecule has 5 nitrogen and oxygen atoms in total. The van der Waals surface area contributed by atoms with E-state index in [2.05, 4.69) is 0 Å². The molecule has 0 aromatic rings. The van der Waals surface area contributed by atoms with Crippen molar-refractivity contribution in [2.24, 2.45) is 0 Å². The Bertz CT molecular complexity index is 106. The number of hydrogen-bond donors (Lipinski definition) is 0. The van der Waals surface area contributed by atoms with Gasteiger partial charge in [-0.3, -0.25) is 0 Å². The summed E-state index contributed by atoms with van der Waals surface area (Å²) in [6.07, 6.45) is -1.30. The molecule has 17 heavy (non-hydrogen) atoms. The average molecular weight is 260 g/mol. The van der Waals surface area contributed by atoms with Gasteiger partial charge < -0.3 is 24.1 Å². The van der Waals surface area contributed by atoms with Gasteiger partial charge in [-0.05, 0) is 27.7 Å². The summed E-state index contributed by atoms with van der Waals surface area (Å²) in [7, 11) is 0. The van der Waals surface area contributed by atoms with Crippen molar-refractivity contribution in [1.82, 2.24) is 0 Å². The van der Waals surface area contributed by atoms with E-state index in [1.165, 1.54) is 0 Å². The van der Waals surface area contributed by atoms with Gasteiger partial charge in [0.15, 0.2) is 0 Å². The topological polar surface area (TPSA) is 60.0 Å². The Hall–Kier alpha value is 0.800. The van der Waals surface area contributed by atoms with Crippen molar-refractivity contribution in [3.8, 4) is 0 Å². The van der Waals surface area contributed by atoms with Gasteiger partial charge in [-0.1, -0.05) is 6.92 Å². The summed E-state index contributed by atoms with van der Waals surface area (Å²) in [5.41, 5.74) is 0. The number of rotatable bonds is 8. The summed E-state index contributed by atoms with van der Waals surface area (Å²) in [4.78, 5) is 0. The van der Waals surface area contributed by atoms with E-state index in [0.717, 1.165) is 0 Å². The minimum atomic E-state index is -1.30. The second kappa shape index (κ2) is 16.8. The maximum absolute atomic E-state index is 8.93. The largest absolute Gasteiger partial charge is 1.00 e. The minimum Gasteiger partial charge on any atom is -0.855 e. The molecule has 0 atom stereocenters. The van der Waals surface area contributed by atoms with Crippen molar-refractivity contribution in [2.75, 3.05) is 33.0 Å². The smallest absolute Gasteiger partial charge is 0.855 e. The minimum absolute atomic E-state index is 0. The van der Waals surface area contributed by atoms with Crippen molar-refractivity contribution in [3.63, 3.8) is 0 Å². The monoisotopic (exact) mass is 260 g/mol. The first-order valence-electron chi connectivity index (χ1n) is 5.80. The van der Waals surface area contributed by atoms with Gasteiger partial charge in [0, 0.05) is 0 Å². The third-order valence-electron chi connectivity index (χ3n) is 1.28. The van der Waals surface area contributed by atoms with Crippen molar-refractivity contribution in [3.05, 3.63) is 0 Å². The Balaban J connectivity index is -0.000000440. The molecule has 100 valence electrons. The van der Waals surface area contributed by atoms with Gasteiger partial charge in [0.1, 0.15) is 0 Å². The van der Waals surface area contributed by atoms with Crippen molar-refractivity contribution in [2.45, 2.75) is 40.8 Å². The molecule has 0 heterocycles. The Morgan fingerprint density at radius 3 is 1.00 bits per heavy atom. The summed E-state index contributed by atoms with van der Waals surface area (Å²) < 4.78 is 21.1. The van der Waals surface area contributed by atoms with Gasteiger partial charge >= 0.3 is 35.7 Å². The first-order chi connectivity index (χ1) is 7.66. The zero-order valence-corrected chi connectivity index (χ0v) is 14.1. The standard InChI is InChI=1S/C9H20O4.C2H5O.Na/c1-5-10-9(11-6-2,12-7-3)13-8-4;1-2-3;/h5-8H2,1-4H3;2H2,1H3;/q;-1;+1. The summed E-state index contributed by atoms with van der Waals surface area (Å²) in [5.74, 6) is 0. The normalized spacial score (nSPS) is 10.2. The Labute approximate surface area is 127 Å². The molecule has 0 saturated carbocycles. The first-order valence-corrected chi connectivity index (χ1v) is 5.80. The molecule has 0 rings (SSSR count). The first kappa shape index (κ1) is 22.9. The Kier molecular flexibility index (Phi) is 22.7. The van der Waals surface area contributed by atoms with Gasteiger partial charge in [0.05, 0.1) is 26.4 Å². The van der Waals surface area contributed by atoms with Crippen LogP contribution in [0.25, 0.3) is 0 Å². The van der Waals surface area contributed by atoms with Crippen molar-refractivity contribution in [1.29, 1.82) is 0 Å². The fourth-order valence-corrected chi connectivity index (χ4v) is 0.957. The third kappa shape index (κ3) is 13.0. The van der Waals surface area contributed by atoms with E-state index in [0.29, 0.717) is 26.4 Å². The van der Waals surface area contributed by atoms with Crippen LogP contribution in [-0.2, 0) is 18.9 Å². The molecule has 0 bridgehead atoms. The van der Waals surface area contributed by atoms with Crippen LogP contribution in [0, 0.1) is 0 Å². The predicted octanol–water partition coefficient (Wildman–Crippen LogP) is -1.89. The van der Waals surface area contributed by atoms with E-state index in [-0.39, 0.29) is 36.2 Å². The van der Waals surface area contributed by atoms with Crippen LogP contribution in [0.5, 0.6) is 0 Å². The van der Waals surface area contributed by atoms with E-state index in [1.54, 1.807) is 6.92 Å². The SMILES string of the molecule is CCOC(OCC)(OCC)OCC.CC[O-].[Na+]. The number of ether oxygens (including phenoxy) is 4. The van der Waals surface area contributed by atoms with Crippen molar-refractivity contribution >= 4 is 0 Å². The quantitative estimate of drug-likeness (QED) is 0.377. The van der Waals surface area contributed by atoms with E-state index in [9.17, 15) is 0 Å². The van der Waals surface area contributed by atoms with E-state index in [4.69, 9.17) is 24.1 Å². The van der Waals surface area contributed by atoms with Crippen LogP contribution in [0.2, 0.25) is 0 Å². The average Bonchev–Trinajstić information content (AvgIpc) is 2.20. The zero-order valence-electron chi connectivity index (χ0n) is 12.1. The van der Waals surface area contributed by atoms with E-state index >= 15 is 0 Å². The molecule has 0 aromatic heterocycles. The zero-order chi connectivity index (χ0) is 12.9. The fraction of sp³-hybridized carbons (Fsp3) is 1.00. The van der Waals surface area contributed by atoms with Gasteiger partial charge in [-0.25, -0.2) is 0 Å². The second-order valence-electron chi connectivity index (χ2n) is 2.52. The molecule has 0 fully saturated rings.